The topological polar surface area (TPSA) is 112 Å². The molecule has 180 valence electrons. The van der Waals surface area contributed by atoms with Crippen LogP contribution in [0.25, 0.3) is 22.3 Å². The summed E-state index contributed by atoms with van der Waals surface area (Å²) < 4.78 is 48.1. The molecular formula is C24H20F3N5O3. The minimum Gasteiger partial charge on any atom is -0.494 e. The number of hydrogen-bond acceptors (Lipinski definition) is 7. The number of benzene rings is 2. The average molecular weight is 483 g/mol. The second-order valence-electron chi connectivity index (χ2n) is 7.41. The predicted molar refractivity (Wildman–Crippen MR) is 123 cm³/mol. The van der Waals surface area contributed by atoms with Crippen LogP contribution in [0.1, 0.15) is 23.7 Å². The Balaban J connectivity index is 1.86. The Morgan fingerprint density at radius 1 is 1.09 bits per heavy atom. The summed E-state index contributed by atoms with van der Waals surface area (Å²) >= 11 is 0. The lowest BCUT2D eigenvalue weighted by atomic mass is 10.1. The van der Waals surface area contributed by atoms with Gasteiger partial charge in [0.25, 0.3) is 5.91 Å². The first-order valence-electron chi connectivity index (χ1n) is 10.5. The minimum absolute atomic E-state index is 0.0173. The lowest BCUT2D eigenvalue weighted by molar-refractivity contribution is -0.274. The van der Waals surface area contributed by atoms with Crippen molar-refractivity contribution in [1.82, 2.24) is 15.0 Å². The molecule has 11 heteroatoms. The number of halogens is 3. The molecule has 0 aliphatic heterocycles. The highest BCUT2D eigenvalue weighted by Crippen LogP contribution is 2.33. The van der Waals surface area contributed by atoms with Gasteiger partial charge < -0.3 is 20.5 Å². The summed E-state index contributed by atoms with van der Waals surface area (Å²) in [7, 11) is 0. The number of nitrogens with one attached hydrogen (secondary N) is 1. The predicted octanol–water partition coefficient (Wildman–Crippen LogP) is 5.22. The molecule has 0 unspecified atom stereocenters. The Labute approximate surface area is 197 Å². The quantitative estimate of drug-likeness (QED) is 0.353. The number of amides is 1. The van der Waals surface area contributed by atoms with E-state index in [9.17, 15) is 18.0 Å². The summed E-state index contributed by atoms with van der Waals surface area (Å²) in [6.07, 6.45) is -0.928. The lowest BCUT2D eigenvalue weighted by Gasteiger charge is -2.16. The van der Waals surface area contributed by atoms with Crippen LogP contribution in [0.2, 0.25) is 0 Å². The van der Waals surface area contributed by atoms with Crippen LogP contribution in [0.5, 0.6) is 11.5 Å². The van der Waals surface area contributed by atoms with Crippen LogP contribution >= 0.6 is 0 Å². The van der Waals surface area contributed by atoms with E-state index in [1.807, 2.05) is 6.92 Å². The van der Waals surface area contributed by atoms with E-state index in [4.69, 9.17) is 10.5 Å². The first-order valence-corrected chi connectivity index (χ1v) is 10.5. The monoisotopic (exact) mass is 483 g/mol. The molecule has 4 rings (SSSR count). The van der Waals surface area contributed by atoms with Crippen LogP contribution in [0.15, 0.2) is 60.9 Å². The molecule has 8 nitrogen and oxygen atoms in total. The van der Waals surface area contributed by atoms with Crippen molar-refractivity contribution in [2.45, 2.75) is 19.7 Å². The van der Waals surface area contributed by atoms with Crippen LogP contribution in [0.4, 0.5) is 24.7 Å². The summed E-state index contributed by atoms with van der Waals surface area (Å²) in [6, 6.07) is 11.9. The molecule has 0 radical (unpaired) electrons. The van der Waals surface area contributed by atoms with Gasteiger partial charge in [-0.2, -0.15) is 0 Å². The van der Waals surface area contributed by atoms with Gasteiger partial charge in [0.1, 0.15) is 17.3 Å². The van der Waals surface area contributed by atoms with E-state index in [1.54, 1.807) is 42.7 Å². The Hall–Kier alpha value is -4.41. The van der Waals surface area contributed by atoms with Crippen LogP contribution in [-0.2, 0) is 0 Å². The van der Waals surface area contributed by atoms with Crippen molar-refractivity contribution in [2.75, 3.05) is 11.9 Å². The third-order valence-corrected chi connectivity index (χ3v) is 4.80. The van der Waals surface area contributed by atoms with Crippen molar-refractivity contribution in [3.63, 3.8) is 0 Å². The molecule has 0 bridgehead atoms. The molecule has 0 saturated carbocycles. The van der Waals surface area contributed by atoms with Gasteiger partial charge in [-0.1, -0.05) is 6.92 Å². The van der Waals surface area contributed by atoms with Crippen molar-refractivity contribution in [3.8, 4) is 22.9 Å². The van der Waals surface area contributed by atoms with Crippen LogP contribution in [-0.4, -0.2) is 33.8 Å². The molecule has 0 atom stereocenters. The molecule has 2 aromatic heterocycles. The maximum atomic E-state index is 12.8. The molecule has 35 heavy (non-hydrogen) atoms. The fraction of sp³-hybridized carbons (Fsp3) is 0.167. The number of ether oxygens (including phenoxy) is 2. The Kier molecular flexibility index (Phi) is 6.67. The minimum atomic E-state index is -4.91. The molecule has 0 spiro atoms. The molecule has 0 aliphatic carbocycles. The maximum Gasteiger partial charge on any atom is 0.573 e. The second-order valence-corrected chi connectivity index (χ2v) is 7.41. The number of nitrogens with zero attached hydrogens (tertiary/aromatic N) is 3. The van der Waals surface area contributed by atoms with E-state index in [2.05, 4.69) is 25.0 Å². The van der Waals surface area contributed by atoms with E-state index >= 15 is 0 Å². The number of alkyl halides is 3. The van der Waals surface area contributed by atoms with Gasteiger partial charge in [0.15, 0.2) is 5.82 Å². The standard InChI is InChI=1S/C24H20F3N5O3/c1-2-10-34-15-6-8-19-18(11-15)23(32-22(30-19)14-4-3-9-29-13-14)31-20-12-16(35-24(25,26)27)5-7-17(20)21(28)33/h3-9,11-13H,2,10H2,1H3,(H2,28,33)(H,30,31,32). The van der Waals surface area contributed by atoms with E-state index in [-0.39, 0.29) is 17.1 Å². The fourth-order valence-corrected chi connectivity index (χ4v) is 3.30. The number of hydrogen-bond donors (Lipinski definition) is 2. The second kappa shape index (κ2) is 9.84. The smallest absolute Gasteiger partial charge is 0.494 e. The zero-order valence-corrected chi connectivity index (χ0v) is 18.5. The highest BCUT2D eigenvalue weighted by Gasteiger charge is 2.31. The van der Waals surface area contributed by atoms with Gasteiger partial charge in [0.2, 0.25) is 0 Å². The van der Waals surface area contributed by atoms with Crippen molar-refractivity contribution in [1.29, 1.82) is 0 Å². The Bertz CT molecular complexity index is 1360. The number of anilines is 2. The molecule has 2 aromatic carbocycles. The zero-order chi connectivity index (χ0) is 25.0. The van der Waals surface area contributed by atoms with Gasteiger partial charge in [0.05, 0.1) is 23.4 Å². The number of carbonyl (C=O) groups excluding carboxylic acids is 1. The summed E-state index contributed by atoms with van der Waals surface area (Å²) in [5, 5.41) is 3.46. The molecule has 0 aliphatic rings. The summed E-state index contributed by atoms with van der Waals surface area (Å²) in [4.78, 5) is 25.2. The number of nitrogens with two attached hydrogens (primary N) is 1. The van der Waals surface area contributed by atoms with Gasteiger partial charge in [0, 0.05) is 29.4 Å². The Morgan fingerprint density at radius 2 is 1.89 bits per heavy atom. The number of pyridine rings is 1. The molecule has 3 N–H and O–H groups in total. The summed E-state index contributed by atoms with van der Waals surface area (Å²) in [6.45, 7) is 2.46. The summed E-state index contributed by atoms with van der Waals surface area (Å²) in [5.74, 6) is -0.266. The maximum absolute atomic E-state index is 12.8. The van der Waals surface area contributed by atoms with E-state index in [1.165, 1.54) is 0 Å². The average Bonchev–Trinajstić information content (AvgIpc) is 2.82. The van der Waals surface area contributed by atoms with Gasteiger partial charge >= 0.3 is 6.36 Å². The number of carbonyl (C=O) groups is 1. The lowest BCUT2D eigenvalue weighted by Crippen LogP contribution is -2.18. The SMILES string of the molecule is CCCOc1ccc2nc(-c3cccnc3)nc(Nc3cc(OC(F)(F)F)ccc3C(N)=O)c2c1. The first kappa shape index (κ1) is 23.7. The third kappa shape index (κ3) is 5.75. The molecular weight excluding hydrogens is 463 g/mol. The van der Waals surface area contributed by atoms with Crippen LogP contribution < -0.4 is 20.5 Å². The van der Waals surface area contributed by atoms with Gasteiger partial charge in [-0.05, 0) is 48.9 Å². The summed E-state index contributed by atoms with van der Waals surface area (Å²) in [5.41, 5.74) is 6.54. The van der Waals surface area contributed by atoms with E-state index in [0.29, 0.717) is 34.6 Å². The first-order chi connectivity index (χ1) is 16.7. The number of fused-ring (bicyclic) bond motifs is 1. The number of rotatable bonds is 8. The van der Waals surface area contributed by atoms with Crippen LogP contribution in [0.3, 0.4) is 0 Å². The largest absolute Gasteiger partial charge is 0.573 e. The molecule has 2 heterocycles. The molecule has 1 amide bonds. The number of aromatic nitrogens is 3. The number of primary amides is 1. The highest BCUT2D eigenvalue weighted by atomic mass is 19.4. The van der Waals surface area contributed by atoms with E-state index in [0.717, 1.165) is 24.6 Å². The molecule has 0 saturated heterocycles. The normalized spacial score (nSPS) is 11.3. The van der Waals surface area contributed by atoms with Crippen molar-refractivity contribution >= 4 is 28.3 Å². The van der Waals surface area contributed by atoms with Gasteiger partial charge in [-0.15, -0.1) is 13.2 Å². The Morgan fingerprint density at radius 3 is 2.57 bits per heavy atom. The van der Waals surface area contributed by atoms with Crippen molar-refractivity contribution in [3.05, 3.63) is 66.5 Å². The third-order valence-electron chi connectivity index (χ3n) is 4.80. The van der Waals surface area contributed by atoms with Crippen LogP contribution in [0, 0.1) is 0 Å². The molecule has 0 fully saturated rings. The van der Waals surface area contributed by atoms with Gasteiger partial charge in [-0.25, -0.2) is 9.97 Å². The zero-order valence-electron chi connectivity index (χ0n) is 18.5. The molecule has 4 aromatic rings. The van der Waals surface area contributed by atoms with Crippen molar-refractivity contribution < 1.29 is 27.4 Å². The van der Waals surface area contributed by atoms with Crippen molar-refractivity contribution in [2.24, 2.45) is 5.73 Å². The fourth-order valence-electron chi connectivity index (χ4n) is 3.30. The highest BCUT2D eigenvalue weighted by molar-refractivity contribution is 6.01. The van der Waals surface area contributed by atoms with E-state index < -0.39 is 18.0 Å². The van der Waals surface area contributed by atoms with Gasteiger partial charge in [-0.3, -0.25) is 9.78 Å².